The summed E-state index contributed by atoms with van der Waals surface area (Å²) in [5, 5.41) is 2.68. The molecule has 0 radical (unpaired) electrons. The molecule has 3 aromatic rings. The second kappa shape index (κ2) is 12.3. The Kier molecular flexibility index (Phi) is 9.14. The standard InChI is InChI=1S/C28H34O6/c1-5-7-11-17-31-27(29)33-25-21-13-9-10-14-22(21)26(34-28(30)32-18-12-8-6-2)24-20(4)19(3)15-16-23(24)25/h9-10,13-16H,5-8,11-12,17-18H2,1-4H3. The molecule has 3 aromatic carbocycles. The van der Waals surface area contributed by atoms with Crippen LogP contribution in [0.15, 0.2) is 36.4 Å². The van der Waals surface area contributed by atoms with E-state index >= 15 is 0 Å². The van der Waals surface area contributed by atoms with E-state index in [-0.39, 0.29) is 0 Å². The molecule has 0 N–H and O–H groups in total. The van der Waals surface area contributed by atoms with Crippen molar-refractivity contribution in [1.29, 1.82) is 0 Å². The highest BCUT2D eigenvalue weighted by Crippen LogP contribution is 2.45. The van der Waals surface area contributed by atoms with Gasteiger partial charge >= 0.3 is 12.3 Å². The first-order valence-corrected chi connectivity index (χ1v) is 12.1. The molecule has 0 aliphatic heterocycles. The highest BCUT2D eigenvalue weighted by molar-refractivity contribution is 6.13. The third-order valence-corrected chi connectivity index (χ3v) is 5.93. The molecule has 6 heteroatoms. The molecular formula is C28H34O6. The fourth-order valence-electron chi connectivity index (χ4n) is 3.91. The second-order valence-electron chi connectivity index (χ2n) is 8.45. The van der Waals surface area contributed by atoms with Crippen LogP contribution in [0.3, 0.4) is 0 Å². The molecule has 0 saturated heterocycles. The molecule has 34 heavy (non-hydrogen) atoms. The maximum absolute atomic E-state index is 12.5. The molecule has 0 aliphatic carbocycles. The van der Waals surface area contributed by atoms with Crippen LogP contribution < -0.4 is 9.47 Å². The van der Waals surface area contributed by atoms with E-state index in [0.29, 0.717) is 46.3 Å². The summed E-state index contributed by atoms with van der Waals surface area (Å²) in [6.07, 6.45) is 4.13. The van der Waals surface area contributed by atoms with Gasteiger partial charge in [-0.25, -0.2) is 9.59 Å². The van der Waals surface area contributed by atoms with Gasteiger partial charge in [-0.3, -0.25) is 0 Å². The van der Waals surface area contributed by atoms with Crippen molar-refractivity contribution >= 4 is 33.9 Å². The van der Waals surface area contributed by atoms with E-state index in [2.05, 4.69) is 13.8 Å². The van der Waals surface area contributed by atoms with Crippen LogP contribution in [0.2, 0.25) is 0 Å². The van der Waals surface area contributed by atoms with Crippen molar-refractivity contribution < 1.29 is 28.5 Å². The summed E-state index contributed by atoms with van der Waals surface area (Å²) < 4.78 is 22.1. The summed E-state index contributed by atoms with van der Waals surface area (Å²) in [5.41, 5.74) is 1.95. The monoisotopic (exact) mass is 466 g/mol. The average Bonchev–Trinajstić information content (AvgIpc) is 2.83. The van der Waals surface area contributed by atoms with Gasteiger partial charge in [-0.2, -0.15) is 0 Å². The number of unbranched alkanes of at least 4 members (excludes halogenated alkanes) is 4. The Morgan fingerprint density at radius 2 is 1.21 bits per heavy atom. The SMILES string of the molecule is CCCCCOC(=O)Oc1c2ccccc2c(OC(=O)OCCCCC)c2c(C)c(C)ccc12. The molecule has 3 rings (SSSR count). The lowest BCUT2D eigenvalue weighted by Crippen LogP contribution is -2.14. The molecule has 0 bridgehead atoms. The van der Waals surface area contributed by atoms with Gasteiger partial charge in [-0.15, -0.1) is 0 Å². The van der Waals surface area contributed by atoms with Crippen LogP contribution in [0.1, 0.15) is 63.5 Å². The molecule has 0 unspecified atom stereocenters. The Morgan fingerprint density at radius 1 is 0.676 bits per heavy atom. The van der Waals surface area contributed by atoms with E-state index in [4.69, 9.17) is 18.9 Å². The maximum Gasteiger partial charge on any atom is 0.513 e. The highest BCUT2D eigenvalue weighted by atomic mass is 16.7. The van der Waals surface area contributed by atoms with Crippen LogP contribution >= 0.6 is 0 Å². The minimum Gasteiger partial charge on any atom is -0.434 e. The predicted octanol–water partition coefficient (Wildman–Crippen LogP) is 8.02. The molecule has 0 heterocycles. The summed E-state index contributed by atoms with van der Waals surface area (Å²) in [6.45, 7) is 8.74. The lowest BCUT2D eigenvalue weighted by molar-refractivity contribution is 0.0966. The number of hydrogen-bond donors (Lipinski definition) is 0. The molecule has 0 aromatic heterocycles. The Morgan fingerprint density at radius 3 is 1.76 bits per heavy atom. The van der Waals surface area contributed by atoms with Crippen LogP contribution in [0, 0.1) is 13.8 Å². The molecular weight excluding hydrogens is 432 g/mol. The predicted molar refractivity (Wildman–Crippen MR) is 134 cm³/mol. The molecule has 0 saturated carbocycles. The van der Waals surface area contributed by atoms with Gasteiger partial charge in [0.1, 0.15) is 5.75 Å². The van der Waals surface area contributed by atoms with E-state index in [0.717, 1.165) is 49.7 Å². The van der Waals surface area contributed by atoms with Crippen molar-refractivity contribution in [2.45, 2.75) is 66.2 Å². The Balaban J connectivity index is 2.03. The number of carbonyl (C=O) groups is 2. The van der Waals surface area contributed by atoms with Gasteiger partial charge in [-0.05, 0) is 37.8 Å². The first-order chi connectivity index (χ1) is 16.5. The minimum absolute atomic E-state index is 0.311. The van der Waals surface area contributed by atoms with Gasteiger partial charge in [0.05, 0.1) is 13.2 Å². The Bertz CT molecular complexity index is 1150. The van der Waals surface area contributed by atoms with E-state index in [9.17, 15) is 9.59 Å². The van der Waals surface area contributed by atoms with Gasteiger partial charge in [0, 0.05) is 21.5 Å². The zero-order chi connectivity index (χ0) is 24.5. The van der Waals surface area contributed by atoms with Gasteiger partial charge in [0.15, 0.2) is 5.75 Å². The maximum atomic E-state index is 12.5. The summed E-state index contributed by atoms with van der Waals surface area (Å²) in [6, 6.07) is 11.2. The zero-order valence-corrected chi connectivity index (χ0v) is 20.6. The number of aryl methyl sites for hydroxylation is 2. The molecule has 182 valence electrons. The third-order valence-electron chi connectivity index (χ3n) is 5.93. The van der Waals surface area contributed by atoms with Crippen molar-refractivity contribution in [3.8, 4) is 11.5 Å². The first-order valence-electron chi connectivity index (χ1n) is 12.1. The first kappa shape index (κ1) is 25.3. The summed E-state index contributed by atoms with van der Waals surface area (Å²) >= 11 is 0. The summed E-state index contributed by atoms with van der Waals surface area (Å²) in [7, 11) is 0. The van der Waals surface area contributed by atoms with Crippen molar-refractivity contribution in [2.24, 2.45) is 0 Å². The van der Waals surface area contributed by atoms with E-state index in [1.54, 1.807) is 0 Å². The quantitative estimate of drug-likeness (QED) is 0.130. The largest absolute Gasteiger partial charge is 0.513 e. The van der Waals surface area contributed by atoms with E-state index in [1.165, 1.54) is 0 Å². The normalized spacial score (nSPS) is 10.9. The van der Waals surface area contributed by atoms with Gasteiger partial charge in [0.2, 0.25) is 0 Å². The topological polar surface area (TPSA) is 71.1 Å². The fourth-order valence-corrected chi connectivity index (χ4v) is 3.91. The number of fused-ring (bicyclic) bond motifs is 2. The second-order valence-corrected chi connectivity index (χ2v) is 8.45. The van der Waals surface area contributed by atoms with Crippen molar-refractivity contribution in [3.63, 3.8) is 0 Å². The van der Waals surface area contributed by atoms with Crippen LogP contribution in [0.25, 0.3) is 21.5 Å². The fraction of sp³-hybridized carbons (Fsp3) is 0.429. The van der Waals surface area contributed by atoms with Gasteiger partial charge in [0.25, 0.3) is 0 Å². The zero-order valence-electron chi connectivity index (χ0n) is 20.6. The smallest absolute Gasteiger partial charge is 0.434 e. The summed E-state index contributed by atoms with van der Waals surface area (Å²) in [4.78, 5) is 25.0. The third kappa shape index (κ3) is 5.99. The Hall–Kier alpha value is -3.28. The van der Waals surface area contributed by atoms with Gasteiger partial charge < -0.3 is 18.9 Å². The molecule has 0 atom stereocenters. The molecule has 0 spiro atoms. The molecule has 0 amide bonds. The van der Waals surface area contributed by atoms with E-state index in [1.807, 2.05) is 50.2 Å². The van der Waals surface area contributed by atoms with Crippen molar-refractivity contribution in [3.05, 3.63) is 47.5 Å². The Labute approximate surface area is 201 Å². The minimum atomic E-state index is -0.746. The van der Waals surface area contributed by atoms with Crippen LogP contribution in [0.5, 0.6) is 11.5 Å². The van der Waals surface area contributed by atoms with Crippen LogP contribution in [-0.4, -0.2) is 25.5 Å². The van der Waals surface area contributed by atoms with Crippen LogP contribution in [-0.2, 0) is 9.47 Å². The van der Waals surface area contributed by atoms with E-state index < -0.39 is 12.3 Å². The lowest BCUT2D eigenvalue weighted by atomic mass is 9.95. The highest BCUT2D eigenvalue weighted by Gasteiger charge is 2.22. The number of carbonyl (C=O) groups excluding carboxylic acids is 2. The number of benzene rings is 3. The van der Waals surface area contributed by atoms with Crippen molar-refractivity contribution in [2.75, 3.05) is 13.2 Å². The average molecular weight is 467 g/mol. The number of ether oxygens (including phenoxy) is 4. The number of hydrogen-bond acceptors (Lipinski definition) is 6. The van der Waals surface area contributed by atoms with Crippen LogP contribution in [0.4, 0.5) is 9.59 Å². The molecule has 0 fully saturated rings. The van der Waals surface area contributed by atoms with Crippen molar-refractivity contribution in [1.82, 2.24) is 0 Å². The molecule has 0 aliphatic rings. The van der Waals surface area contributed by atoms with Gasteiger partial charge in [-0.1, -0.05) is 75.9 Å². The lowest BCUT2D eigenvalue weighted by Gasteiger charge is -2.18. The number of rotatable bonds is 10. The summed E-state index contributed by atoms with van der Waals surface area (Å²) in [5.74, 6) is 0.786. The molecule has 6 nitrogen and oxygen atoms in total.